The average Bonchev–Trinajstić information content (AvgIpc) is 2.06. The zero-order valence-electron chi connectivity index (χ0n) is 7.87. The van der Waals surface area contributed by atoms with Crippen LogP contribution in [-0.2, 0) is 4.79 Å². The zero-order valence-corrected chi connectivity index (χ0v) is 7.87. The third kappa shape index (κ3) is 3.30. The topological polar surface area (TPSA) is 40.5 Å². The molecule has 0 radical (unpaired) electrons. The SMILES string of the molecule is CN1CCC(F)C(CCC(=O)O)C1. The van der Waals surface area contributed by atoms with E-state index in [9.17, 15) is 9.18 Å². The quantitative estimate of drug-likeness (QED) is 0.723. The highest BCUT2D eigenvalue weighted by atomic mass is 19.1. The largest absolute Gasteiger partial charge is 0.481 e. The first-order valence-corrected chi connectivity index (χ1v) is 4.64. The zero-order chi connectivity index (χ0) is 9.84. The smallest absolute Gasteiger partial charge is 0.303 e. The predicted octanol–water partition coefficient (Wildman–Crippen LogP) is 1.14. The lowest BCUT2D eigenvalue weighted by Gasteiger charge is -2.32. The molecule has 3 nitrogen and oxygen atoms in total. The Morgan fingerprint density at radius 1 is 1.69 bits per heavy atom. The van der Waals surface area contributed by atoms with Crippen molar-refractivity contribution in [2.75, 3.05) is 20.1 Å². The molecular weight excluding hydrogens is 173 g/mol. The second kappa shape index (κ2) is 4.56. The van der Waals surface area contributed by atoms with E-state index >= 15 is 0 Å². The maximum absolute atomic E-state index is 13.3. The van der Waals surface area contributed by atoms with Crippen LogP contribution in [0.15, 0.2) is 0 Å². The van der Waals surface area contributed by atoms with Gasteiger partial charge in [-0.2, -0.15) is 0 Å². The lowest BCUT2D eigenvalue weighted by molar-refractivity contribution is -0.137. The lowest BCUT2D eigenvalue weighted by atomic mass is 9.92. The monoisotopic (exact) mass is 189 g/mol. The molecule has 0 aromatic carbocycles. The number of carboxylic acids is 1. The molecule has 0 bridgehead atoms. The van der Waals surface area contributed by atoms with Crippen molar-refractivity contribution >= 4 is 5.97 Å². The normalized spacial score (nSPS) is 30.3. The Labute approximate surface area is 77.5 Å². The van der Waals surface area contributed by atoms with Crippen LogP contribution in [0.2, 0.25) is 0 Å². The predicted molar refractivity (Wildman–Crippen MR) is 47.4 cm³/mol. The van der Waals surface area contributed by atoms with E-state index in [1.165, 1.54) is 0 Å². The molecule has 1 aliphatic heterocycles. The van der Waals surface area contributed by atoms with Crippen LogP contribution < -0.4 is 0 Å². The van der Waals surface area contributed by atoms with Crippen molar-refractivity contribution in [3.63, 3.8) is 0 Å². The molecule has 1 N–H and O–H groups in total. The number of aliphatic carboxylic acids is 1. The highest BCUT2D eigenvalue weighted by molar-refractivity contribution is 5.66. The summed E-state index contributed by atoms with van der Waals surface area (Å²) in [5, 5.41) is 8.46. The van der Waals surface area contributed by atoms with Crippen molar-refractivity contribution in [2.45, 2.75) is 25.4 Å². The molecule has 1 aliphatic rings. The molecule has 2 unspecified atom stereocenters. The van der Waals surface area contributed by atoms with Gasteiger partial charge in [-0.25, -0.2) is 4.39 Å². The van der Waals surface area contributed by atoms with Crippen molar-refractivity contribution in [1.82, 2.24) is 4.90 Å². The van der Waals surface area contributed by atoms with E-state index < -0.39 is 12.1 Å². The summed E-state index contributed by atoms with van der Waals surface area (Å²) >= 11 is 0. The van der Waals surface area contributed by atoms with Crippen LogP contribution in [0.1, 0.15) is 19.3 Å². The van der Waals surface area contributed by atoms with Gasteiger partial charge in [0.15, 0.2) is 0 Å². The molecule has 1 heterocycles. The number of hydrogen-bond acceptors (Lipinski definition) is 2. The van der Waals surface area contributed by atoms with E-state index in [4.69, 9.17) is 5.11 Å². The number of alkyl halides is 1. The van der Waals surface area contributed by atoms with Crippen molar-refractivity contribution in [1.29, 1.82) is 0 Å². The van der Waals surface area contributed by atoms with E-state index in [1.807, 2.05) is 7.05 Å². The Morgan fingerprint density at radius 2 is 2.38 bits per heavy atom. The maximum atomic E-state index is 13.3. The average molecular weight is 189 g/mol. The molecule has 1 fully saturated rings. The van der Waals surface area contributed by atoms with Crippen LogP contribution in [0.25, 0.3) is 0 Å². The van der Waals surface area contributed by atoms with Crippen LogP contribution in [0, 0.1) is 5.92 Å². The van der Waals surface area contributed by atoms with Gasteiger partial charge >= 0.3 is 5.97 Å². The van der Waals surface area contributed by atoms with Crippen LogP contribution in [0.3, 0.4) is 0 Å². The summed E-state index contributed by atoms with van der Waals surface area (Å²) in [6.07, 6.45) is 0.274. The van der Waals surface area contributed by atoms with E-state index in [1.54, 1.807) is 0 Å². The molecule has 2 atom stereocenters. The van der Waals surface area contributed by atoms with Gasteiger partial charge < -0.3 is 10.0 Å². The first kappa shape index (κ1) is 10.4. The second-order valence-corrected chi connectivity index (χ2v) is 3.76. The summed E-state index contributed by atoms with van der Waals surface area (Å²) in [6, 6.07) is 0. The molecule has 0 aromatic heterocycles. The fourth-order valence-electron chi connectivity index (χ4n) is 1.77. The van der Waals surface area contributed by atoms with Gasteiger partial charge in [0.2, 0.25) is 0 Å². The molecule has 0 saturated carbocycles. The molecule has 1 rings (SSSR count). The van der Waals surface area contributed by atoms with Gasteiger partial charge in [0.1, 0.15) is 6.17 Å². The molecule has 0 aliphatic carbocycles. The van der Waals surface area contributed by atoms with Gasteiger partial charge in [0.25, 0.3) is 0 Å². The van der Waals surface area contributed by atoms with Crippen LogP contribution in [0.5, 0.6) is 0 Å². The summed E-state index contributed by atoms with van der Waals surface area (Å²) in [4.78, 5) is 12.4. The Balaban J connectivity index is 2.33. The molecule has 0 amide bonds. The lowest BCUT2D eigenvalue weighted by Crippen LogP contribution is -2.39. The third-order valence-corrected chi connectivity index (χ3v) is 2.57. The van der Waals surface area contributed by atoms with Gasteiger partial charge in [0.05, 0.1) is 0 Å². The minimum Gasteiger partial charge on any atom is -0.481 e. The van der Waals surface area contributed by atoms with Gasteiger partial charge in [0, 0.05) is 25.4 Å². The summed E-state index contributed by atoms with van der Waals surface area (Å²) in [6.45, 7) is 1.47. The Bertz CT molecular complexity index is 186. The number of nitrogens with zero attached hydrogens (tertiary/aromatic N) is 1. The highest BCUT2D eigenvalue weighted by Crippen LogP contribution is 2.23. The number of carbonyl (C=O) groups is 1. The van der Waals surface area contributed by atoms with E-state index in [0.717, 1.165) is 6.54 Å². The molecular formula is C9H16FNO2. The number of hydrogen-bond donors (Lipinski definition) is 1. The van der Waals surface area contributed by atoms with Crippen LogP contribution in [0.4, 0.5) is 4.39 Å². The highest BCUT2D eigenvalue weighted by Gasteiger charge is 2.27. The number of rotatable bonds is 3. The van der Waals surface area contributed by atoms with E-state index in [2.05, 4.69) is 4.90 Å². The molecule has 4 heteroatoms. The molecule has 76 valence electrons. The first-order chi connectivity index (χ1) is 6.09. The van der Waals surface area contributed by atoms with Gasteiger partial charge in [-0.3, -0.25) is 4.79 Å². The molecule has 0 aromatic rings. The van der Waals surface area contributed by atoms with E-state index in [-0.39, 0.29) is 12.3 Å². The first-order valence-electron chi connectivity index (χ1n) is 4.64. The minimum absolute atomic E-state index is 0.0823. The van der Waals surface area contributed by atoms with Crippen molar-refractivity contribution in [2.24, 2.45) is 5.92 Å². The van der Waals surface area contributed by atoms with E-state index in [0.29, 0.717) is 19.4 Å². The number of carboxylic acid groups (broad SMARTS) is 1. The van der Waals surface area contributed by atoms with Crippen molar-refractivity contribution < 1.29 is 14.3 Å². The third-order valence-electron chi connectivity index (χ3n) is 2.57. The van der Waals surface area contributed by atoms with Crippen LogP contribution in [-0.4, -0.2) is 42.3 Å². The Morgan fingerprint density at radius 3 is 3.00 bits per heavy atom. The van der Waals surface area contributed by atoms with Crippen molar-refractivity contribution in [3.05, 3.63) is 0 Å². The van der Waals surface area contributed by atoms with Gasteiger partial charge in [-0.15, -0.1) is 0 Å². The van der Waals surface area contributed by atoms with Gasteiger partial charge in [-0.05, 0) is 19.9 Å². The van der Waals surface area contributed by atoms with Gasteiger partial charge in [-0.1, -0.05) is 0 Å². The number of likely N-dealkylation sites (tertiary alicyclic amines) is 1. The Hall–Kier alpha value is -0.640. The fraction of sp³-hybridized carbons (Fsp3) is 0.889. The van der Waals surface area contributed by atoms with Crippen molar-refractivity contribution in [3.8, 4) is 0 Å². The molecule has 0 spiro atoms. The maximum Gasteiger partial charge on any atom is 0.303 e. The van der Waals surface area contributed by atoms with Crippen LogP contribution >= 0.6 is 0 Å². The molecule has 1 saturated heterocycles. The number of halogens is 1. The minimum atomic E-state index is -0.833. The number of piperidine rings is 1. The summed E-state index contributed by atoms with van der Waals surface area (Å²) in [5.41, 5.74) is 0. The Kier molecular flexibility index (Phi) is 3.66. The molecule has 13 heavy (non-hydrogen) atoms. The second-order valence-electron chi connectivity index (χ2n) is 3.76. The summed E-state index contributed by atoms with van der Waals surface area (Å²) in [7, 11) is 1.94. The summed E-state index contributed by atoms with van der Waals surface area (Å²) < 4.78 is 13.3. The standard InChI is InChI=1S/C9H16FNO2/c1-11-5-4-8(10)7(6-11)2-3-9(12)13/h7-8H,2-6H2,1H3,(H,12,13). The summed E-state index contributed by atoms with van der Waals surface area (Å²) in [5.74, 6) is -0.921. The fourth-order valence-corrected chi connectivity index (χ4v) is 1.77.